The van der Waals surface area contributed by atoms with Crippen LogP contribution in [0.2, 0.25) is 0 Å². The van der Waals surface area contributed by atoms with E-state index < -0.39 is 5.82 Å². The van der Waals surface area contributed by atoms with E-state index in [-0.39, 0.29) is 23.3 Å². The fourth-order valence-corrected chi connectivity index (χ4v) is 6.18. The topological polar surface area (TPSA) is 76.1 Å². The van der Waals surface area contributed by atoms with Gasteiger partial charge >= 0.3 is 0 Å². The van der Waals surface area contributed by atoms with Gasteiger partial charge in [0.05, 0.1) is 11.7 Å². The molecule has 1 fully saturated rings. The Labute approximate surface area is 262 Å². The third kappa shape index (κ3) is 9.32. The Hall–Kier alpha value is -3.85. The zero-order valence-electron chi connectivity index (χ0n) is 26.2. The summed E-state index contributed by atoms with van der Waals surface area (Å²) in [6.07, 6.45) is 20.0. The van der Waals surface area contributed by atoms with Crippen LogP contribution in [0.3, 0.4) is 0 Å². The van der Waals surface area contributed by atoms with Crippen LogP contribution in [-0.2, 0) is 9.53 Å². The first kappa shape index (κ1) is 33.1. The molecule has 2 N–H and O–H groups in total. The van der Waals surface area contributed by atoms with Crippen LogP contribution in [0.4, 0.5) is 4.39 Å². The first-order chi connectivity index (χ1) is 21.3. The van der Waals surface area contributed by atoms with Crippen LogP contribution in [0.1, 0.15) is 93.4 Å². The van der Waals surface area contributed by atoms with Gasteiger partial charge in [0.2, 0.25) is 0 Å². The molecular formula is C39H45FN2O2. The molecule has 2 aromatic carbocycles. The molecule has 0 heterocycles. The molecule has 0 aliphatic heterocycles. The van der Waals surface area contributed by atoms with E-state index in [2.05, 4.69) is 36.9 Å². The lowest BCUT2D eigenvalue weighted by molar-refractivity contribution is -0.119. The number of nitrogens with two attached hydrogens (primary N) is 1. The summed E-state index contributed by atoms with van der Waals surface area (Å²) in [5.41, 5.74) is 12.4. The second kappa shape index (κ2) is 16.3. The van der Waals surface area contributed by atoms with Crippen LogP contribution in [0.25, 0.3) is 17.2 Å². The molecule has 0 aromatic heterocycles. The van der Waals surface area contributed by atoms with Crippen molar-refractivity contribution in [1.29, 1.82) is 5.26 Å². The largest absolute Gasteiger partial charge is 0.381 e. The summed E-state index contributed by atoms with van der Waals surface area (Å²) < 4.78 is 20.2. The Morgan fingerprint density at radius 3 is 2.57 bits per heavy atom. The smallest absolute Gasteiger partial charge is 0.161 e. The van der Waals surface area contributed by atoms with Gasteiger partial charge in [0, 0.05) is 19.1 Å². The first-order valence-corrected chi connectivity index (χ1v) is 15.9. The molecule has 0 amide bonds. The summed E-state index contributed by atoms with van der Waals surface area (Å²) in [6, 6.07) is 15.1. The average Bonchev–Trinajstić information content (AvgIpc) is 3.24. The average molecular weight is 593 g/mol. The van der Waals surface area contributed by atoms with E-state index in [1.165, 1.54) is 23.3 Å². The van der Waals surface area contributed by atoms with Gasteiger partial charge in [-0.3, -0.25) is 4.79 Å². The number of ether oxygens (including phenoxy) is 1. The van der Waals surface area contributed by atoms with Gasteiger partial charge in [-0.1, -0.05) is 61.6 Å². The van der Waals surface area contributed by atoms with Gasteiger partial charge < -0.3 is 10.5 Å². The zero-order valence-corrected chi connectivity index (χ0v) is 26.2. The van der Waals surface area contributed by atoms with Crippen molar-refractivity contribution in [3.8, 4) is 6.07 Å². The van der Waals surface area contributed by atoms with Crippen molar-refractivity contribution in [3.63, 3.8) is 0 Å². The number of allylic oxidation sites excluding steroid dienone is 8. The molecule has 230 valence electrons. The number of rotatable bonds is 9. The van der Waals surface area contributed by atoms with Gasteiger partial charge in [-0.05, 0) is 128 Å². The van der Waals surface area contributed by atoms with Crippen LogP contribution in [-0.4, -0.2) is 25.0 Å². The molecule has 2 aromatic rings. The van der Waals surface area contributed by atoms with Crippen molar-refractivity contribution in [2.24, 2.45) is 11.7 Å². The van der Waals surface area contributed by atoms with E-state index in [1.54, 1.807) is 13.2 Å². The summed E-state index contributed by atoms with van der Waals surface area (Å²) in [5.74, 6) is -0.534. The Bertz CT molecular complexity index is 1490. The highest BCUT2D eigenvalue weighted by Crippen LogP contribution is 2.29. The molecule has 2 aliphatic rings. The highest BCUT2D eigenvalue weighted by molar-refractivity contribution is 5.99. The van der Waals surface area contributed by atoms with E-state index in [0.717, 1.165) is 69.8 Å². The van der Waals surface area contributed by atoms with E-state index in [0.29, 0.717) is 28.4 Å². The first-order valence-electron chi connectivity index (χ1n) is 15.9. The van der Waals surface area contributed by atoms with Crippen molar-refractivity contribution in [2.45, 2.75) is 83.3 Å². The number of nitrogens with zero attached hydrogens (tertiary/aromatic N) is 1. The van der Waals surface area contributed by atoms with E-state index in [4.69, 9.17) is 10.5 Å². The molecule has 4 nitrogen and oxygen atoms in total. The van der Waals surface area contributed by atoms with E-state index >= 15 is 0 Å². The number of ketones is 1. The number of Topliss-reactive ketones (excluding diaryl/α,β-unsaturated/α-hetero) is 1. The number of hydrogen-bond donors (Lipinski definition) is 1. The van der Waals surface area contributed by atoms with Crippen LogP contribution >= 0.6 is 0 Å². The molecule has 0 spiro atoms. The number of benzene rings is 2. The highest BCUT2D eigenvalue weighted by Gasteiger charge is 2.24. The lowest BCUT2D eigenvalue weighted by atomic mass is 9.89. The van der Waals surface area contributed by atoms with Gasteiger partial charge in [-0.2, -0.15) is 5.26 Å². The predicted octanol–water partition coefficient (Wildman–Crippen LogP) is 9.14. The fourth-order valence-electron chi connectivity index (χ4n) is 6.18. The number of carbonyl (C=O) groups excluding carboxylic acids is 1. The fraction of sp³-hybridized carbons (Fsp3) is 0.385. The minimum atomic E-state index is -0.592. The maximum Gasteiger partial charge on any atom is 0.161 e. The van der Waals surface area contributed by atoms with Crippen molar-refractivity contribution in [2.75, 3.05) is 7.11 Å². The van der Waals surface area contributed by atoms with E-state index in [1.807, 2.05) is 37.3 Å². The molecule has 5 heteroatoms. The highest BCUT2D eigenvalue weighted by atomic mass is 19.1. The lowest BCUT2D eigenvalue weighted by Gasteiger charge is -2.18. The molecule has 3 atom stereocenters. The molecule has 2 unspecified atom stereocenters. The zero-order chi connectivity index (χ0) is 31.5. The summed E-state index contributed by atoms with van der Waals surface area (Å²) in [6.45, 7) is 6.04. The molecule has 2 aliphatic carbocycles. The maximum absolute atomic E-state index is 14.6. The monoisotopic (exact) mass is 592 g/mol. The van der Waals surface area contributed by atoms with Gasteiger partial charge in [-0.15, -0.1) is 0 Å². The number of carbonyl (C=O) groups is 1. The minimum Gasteiger partial charge on any atom is -0.381 e. The van der Waals surface area contributed by atoms with E-state index in [9.17, 15) is 14.4 Å². The third-order valence-electron chi connectivity index (χ3n) is 8.86. The molecule has 1 saturated carbocycles. The van der Waals surface area contributed by atoms with Gasteiger partial charge in [0.25, 0.3) is 0 Å². The van der Waals surface area contributed by atoms with Gasteiger partial charge in [0.1, 0.15) is 11.9 Å². The molecule has 4 rings (SSSR count). The molecule has 44 heavy (non-hydrogen) atoms. The second-order valence-electron chi connectivity index (χ2n) is 12.1. The van der Waals surface area contributed by atoms with Gasteiger partial charge in [0.15, 0.2) is 5.78 Å². The number of hydrogen-bond acceptors (Lipinski definition) is 4. The Balaban J connectivity index is 1.53. The Morgan fingerprint density at radius 1 is 1.05 bits per heavy atom. The maximum atomic E-state index is 14.6. The SMILES string of the molecule is C=C(/C=C/c1ccc(/C2=C\CCC(OC)CCC2)cc1)/C=C(\C=C(/C)C(=O)C1CCC[C@@H](N)CC1)c1ccc(C#N)c(F)c1. The van der Waals surface area contributed by atoms with Gasteiger partial charge in [-0.25, -0.2) is 4.39 Å². The van der Waals surface area contributed by atoms with Crippen molar-refractivity contribution < 1.29 is 13.9 Å². The summed E-state index contributed by atoms with van der Waals surface area (Å²) >= 11 is 0. The predicted molar refractivity (Wildman–Crippen MR) is 179 cm³/mol. The number of methoxy groups -OCH3 is 1. The number of nitriles is 1. The normalized spacial score (nSPS) is 23.2. The van der Waals surface area contributed by atoms with Crippen LogP contribution < -0.4 is 5.73 Å². The van der Waals surface area contributed by atoms with Crippen molar-refractivity contribution in [3.05, 3.63) is 113 Å². The van der Waals surface area contributed by atoms with Crippen molar-refractivity contribution in [1.82, 2.24) is 0 Å². The Kier molecular flexibility index (Phi) is 12.2. The molecular weight excluding hydrogens is 547 g/mol. The lowest BCUT2D eigenvalue weighted by Crippen LogP contribution is -2.19. The van der Waals surface area contributed by atoms with Crippen LogP contribution in [0.5, 0.6) is 0 Å². The molecule has 0 radical (unpaired) electrons. The molecule has 0 bridgehead atoms. The summed E-state index contributed by atoms with van der Waals surface area (Å²) in [7, 11) is 1.80. The molecule has 0 saturated heterocycles. The standard InChI is InChI=1S/C39H45FN2O2/c1-27(13-14-29-15-17-31(18-16-29)30-7-5-11-37(44-3)12-6-8-30)23-35(33-19-20-34(26-41)38(40)25-33)24-28(2)39(43)32-9-4-10-36(42)22-21-32/h7,13-20,23-25,32,36-37H,1,4-6,8-12,21-22,42H2,2-3H3/b14-13+,28-24+,30-7-,35-23+/t32?,36-,37?/m1/s1. The Morgan fingerprint density at radius 2 is 1.84 bits per heavy atom. The summed E-state index contributed by atoms with van der Waals surface area (Å²) in [5, 5.41) is 9.21. The van der Waals surface area contributed by atoms with Crippen molar-refractivity contribution >= 4 is 23.0 Å². The summed E-state index contributed by atoms with van der Waals surface area (Å²) in [4.78, 5) is 13.4. The number of halogens is 1. The minimum absolute atomic E-state index is 0.0174. The second-order valence-corrected chi connectivity index (χ2v) is 12.1. The quantitative estimate of drug-likeness (QED) is 0.179. The van der Waals surface area contributed by atoms with Crippen LogP contribution in [0.15, 0.2) is 84.5 Å². The van der Waals surface area contributed by atoms with Crippen LogP contribution in [0, 0.1) is 23.1 Å². The third-order valence-corrected chi connectivity index (χ3v) is 8.86.